The first-order valence-electron chi connectivity index (χ1n) is 7.11. The molecule has 0 amide bonds. The molecule has 0 aromatic heterocycles. The lowest BCUT2D eigenvalue weighted by Crippen LogP contribution is -2.46. The summed E-state index contributed by atoms with van der Waals surface area (Å²) in [5, 5.41) is 14.4. The minimum Gasteiger partial charge on any atom is -0.508 e. The average molecular weight is 365 g/mol. The highest BCUT2D eigenvalue weighted by molar-refractivity contribution is 5.86. The predicted molar refractivity (Wildman–Crippen MR) is 93.3 cm³/mol. The molecule has 0 spiro atoms. The van der Waals surface area contributed by atoms with Crippen LogP contribution in [0.3, 0.4) is 0 Å². The lowest BCUT2D eigenvalue weighted by Gasteiger charge is -2.34. The smallest absolute Gasteiger partial charge is 0.258 e. The van der Waals surface area contributed by atoms with E-state index in [4.69, 9.17) is 0 Å². The molecule has 0 aliphatic carbocycles. The minimum absolute atomic E-state index is 0. The normalized spacial score (nSPS) is 16.7. The molecule has 1 aliphatic rings. The van der Waals surface area contributed by atoms with Gasteiger partial charge in [0.25, 0.3) is 6.43 Å². The Morgan fingerprint density at radius 3 is 2.22 bits per heavy atom. The number of benzene rings is 2. The second-order valence-corrected chi connectivity index (χ2v) is 5.36. The van der Waals surface area contributed by atoms with Gasteiger partial charge in [0.05, 0.1) is 6.04 Å². The number of hydrogen-bond acceptors (Lipinski definition) is 3. The van der Waals surface area contributed by atoms with E-state index < -0.39 is 12.5 Å². The molecular formula is C16H20Cl2F2N2O. The zero-order chi connectivity index (χ0) is 14.8. The molecule has 1 aliphatic heterocycles. The Labute approximate surface area is 146 Å². The van der Waals surface area contributed by atoms with Crippen LogP contribution in [0.4, 0.5) is 8.78 Å². The number of piperazine rings is 1. The molecule has 2 N–H and O–H groups in total. The molecule has 3 nitrogen and oxygen atoms in total. The quantitative estimate of drug-likeness (QED) is 0.873. The molecule has 7 heteroatoms. The maximum Gasteiger partial charge on any atom is 0.258 e. The summed E-state index contributed by atoms with van der Waals surface area (Å²) in [5.41, 5.74) is 0.630. The van der Waals surface area contributed by atoms with Gasteiger partial charge in [-0.1, -0.05) is 18.2 Å². The first kappa shape index (κ1) is 19.9. The van der Waals surface area contributed by atoms with Gasteiger partial charge in [-0.3, -0.25) is 4.90 Å². The fourth-order valence-corrected chi connectivity index (χ4v) is 2.91. The number of hydrogen-bond donors (Lipinski definition) is 2. The van der Waals surface area contributed by atoms with Crippen LogP contribution in [-0.2, 0) is 0 Å². The third-order valence-corrected chi connectivity index (χ3v) is 3.97. The Balaban J connectivity index is 0.00000132. The lowest BCUT2D eigenvalue weighted by molar-refractivity contribution is 0.0182. The van der Waals surface area contributed by atoms with E-state index in [2.05, 4.69) is 5.32 Å². The number of phenols is 1. The number of nitrogens with one attached hydrogen (secondary N) is 1. The highest BCUT2D eigenvalue weighted by Crippen LogP contribution is 2.31. The number of aromatic hydroxyl groups is 1. The first-order valence-corrected chi connectivity index (χ1v) is 7.11. The van der Waals surface area contributed by atoms with Crippen molar-refractivity contribution >= 4 is 35.6 Å². The maximum atomic E-state index is 13.5. The molecule has 1 heterocycles. The van der Waals surface area contributed by atoms with Gasteiger partial charge in [0.2, 0.25) is 0 Å². The van der Waals surface area contributed by atoms with E-state index in [-0.39, 0.29) is 30.6 Å². The van der Waals surface area contributed by atoms with E-state index in [9.17, 15) is 13.9 Å². The van der Waals surface area contributed by atoms with Crippen LogP contribution in [0.1, 0.15) is 11.6 Å². The van der Waals surface area contributed by atoms with Gasteiger partial charge in [0.15, 0.2) is 0 Å². The van der Waals surface area contributed by atoms with E-state index in [1.807, 2.05) is 4.90 Å². The zero-order valence-corrected chi connectivity index (χ0v) is 14.0. The van der Waals surface area contributed by atoms with Crippen molar-refractivity contribution < 1.29 is 13.9 Å². The van der Waals surface area contributed by atoms with Gasteiger partial charge in [-0.25, -0.2) is 8.78 Å². The Hall–Kier alpha value is -1.14. The molecule has 23 heavy (non-hydrogen) atoms. The molecule has 0 saturated carbocycles. The fourth-order valence-electron chi connectivity index (χ4n) is 2.91. The largest absolute Gasteiger partial charge is 0.508 e. The van der Waals surface area contributed by atoms with Crippen LogP contribution in [0, 0.1) is 0 Å². The Morgan fingerprint density at radius 1 is 0.957 bits per heavy atom. The van der Waals surface area contributed by atoms with Crippen molar-refractivity contribution in [2.24, 2.45) is 0 Å². The monoisotopic (exact) mass is 364 g/mol. The average Bonchev–Trinajstić information content (AvgIpc) is 2.48. The molecule has 128 valence electrons. The van der Waals surface area contributed by atoms with E-state index in [0.29, 0.717) is 18.7 Å². The topological polar surface area (TPSA) is 35.5 Å². The third kappa shape index (κ3) is 4.44. The Kier molecular flexibility index (Phi) is 7.48. The summed E-state index contributed by atoms with van der Waals surface area (Å²) in [7, 11) is 0. The number of alkyl halides is 2. The minimum atomic E-state index is -2.42. The second kappa shape index (κ2) is 8.64. The van der Waals surface area contributed by atoms with Gasteiger partial charge in [-0.15, -0.1) is 24.8 Å². The second-order valence-electron chi connectivity index (χ2n) is 5.36. The van der Waals surface area contributed by atoms with Gasteiger partial charge in [-0.05, 0) is 34.5 Å². The highest BCUT2D eigenvalue weighted by atomic mass is 35.5. The van der Waals surface area contributed by atoms with E-state index in [1.54, 1.807) is 36.4 Å². The number of nitrogens with zero attached hydrogens (tertiary/aromatic N) is 1. The molecule has 2 aromatic carbocycles. The van der Waals surface area contributed by atoms with Crippen molar-refractivity contribution in [2.75, 3.05) is 26.2 Å². The highest BCUT2D eigenvalue weighted by Gasteiger charge is 2.30. The van der Waals surface area contributed by atoms with Crippen LogP contribution in [-0.4, -0.2) is 42.6 Å². The van der Waals surface area contributed by atoms with E-state index in [0.717, 1.165) is 23.9 Å². The van der Waals surface area contributed by atoms with Crippen LogP contribution in [0.5, 0.6) is 5.75 Å². The molecule has 0 bridgehead atoms. The van der Waals surface area contributed by atoms with Crippen molar-refractivity contribution in [2.45, 2.75) is 12.5 Å². The number of phenolic OH excluding ortho intramolecular Hbond substituents is 1. The Morgan fingerprint density at radius 2 is 1.57 bits per heavy atom. The van der Waals surface area contributed by atoms with Gasteiger partial charge in [-0.2, -0.15) is 0 Å². The zero-order valence-electron chi connectivity index (χ0n) is 12.4. The van der Waals surface area contributed by atoms with Crippen LogP contribution in [0.2, 0.25) is 0 Å². The summed E-state index contributed by atoms with van der Waals surface area (Å²) in [6.45, 7) is 2.74. The number of rotatable bonds is 3. The first-order chi connectivity index (χ1) is 10.1. The third-order valence-electron chi connectivity index (χ3n) is 3.97. The van der Waals surface area contributed by atoms with Crippen molar-refractivity contribution in [3.8, 4) is 5.75 Å². The van der Waals surface area contributed by atoms with Crippen LogP contribution >= 0.6 is 24.8 Å². The van der Waals surface area contributed by atoms with Crippen LogP contribution < -0.4 is 5.32 Å². The van der Waals surface area contributed by atoms with Gasteiger partial charge >= 0.3 is 0 Å². The summed E-state index contributed by atoms with van der Waals surface area (Å²) in [6.07, 6.45) is -2.42. The van der Waals surface area contributed by atoms with Crippen LogP contribution in [0.15, 0.2) is 36.4 Å². The van der Waals surface area contributed by atoms with Crippen molar-refractivity contribution in [1.29, 1.82) is 0 Å². The van der Waals surface area contributed by atoms with Crippen molar-refractivity contribution in [1.82, 2.24) is 10.2 Å². The summed E-state index contributed by atoms with van der Waals surface area (Å²) in [5.74, 6) is 0.183. The molecule has 1 saturated heterocycles. The molecule has 1 fully saturated rings. The summed E-state index contributed by atoms with van der Waals surface area (Å²) in [4.78, 5) is 1.84. The summed E-state index contributed by atoms with van der Waals surface area (Å²) < 4.78 is 27.1. The molecule has 3 rings (SSSR count). The van der Waals surface area contributed by atoms with Crippen molar-refractivity contribution in [3.05, 3.63) is 42.0 Å². The predicted octanol–water partition coefficient (Wildman–Crippen LogP) is 3.60. The lowest BCUT2D eigenvalue weighted by atomic mass is 10.00. The maximum absolute atomic E-state index is 13.5. The van der Waals surface area contributed by atoms with Crippen molar-refractivity contribution in [3.63, 3.8) is 0 Å². The fraction of sp³-hybridized carbons (Fsp3) is 0.375. The van der Waals surface area contributed by atoms with Gasteiger partial charge in [0, 0.05) is 26.2 Å². The molecule has 1 atom stereocenters. The van der Waals surface area contributed by atoms with Crippen LogP contribution in [0.25, 0.3) is 10.8 Å². The molecule has 0 radical (unpaired) electrons. The SMILES string of the molecule is Cl.Cl.Oc1ccc2cc([C@H](C(F)F)N3CCNCC3)ccc2c1. The van der Waals surface area contributed by atoms with Gasteiger partial charge in [0.1, 0.15) is 5.75 Å². The molecule has 0 unspecified atom stereocenters. The van der Waals surface area contributed by atoms with E-state index >= 15 is 0 Å². The van der Waals surface area contributed by atoms with E-state index in [1.165, 1.54) is 0 Å². The molecule has 2 aromatic rings. The number of halogens is 4. The molecular weight excluding hydrogens is 345 g/mol. The summed E-state index contributed by atoms with van der Waals surface area (Å²) in [6, 6.07) is 9.44. The van der Waals surface area contributed by atoms with Gasteiger partial charge < -0.3 is 10.4 Å². The number of fused-ring (bicyclic) bond motifs is 1. The standard InChI is InChI=1S/C16H18F2N2O.2ClH/c17-16(18)15(20-7-5-19-6-8-20)13-2-1-12-10-14(21)4-3-11(12)9-13;;/h1-4,9-10,15-16,19,21H,5-8H2;2*1H/t15-;;/m1../s1. The Bertz CT molecular complexity index is 637. The summed E-state index contributed by atoms with van der Waals surface area (Å²) >= 11 is 0.